The number of anilines is 1. The van der Waals surface area contributed by atoms with Crippen molar-refractivity contribution in [1.29, 1.82) is 0 Å². The van der Waals surface area contributed by atoms with Crippen molar-refractivity contribution < 1.29 is 4.79 Å². The van der Waals surface area contributed by atoms with Crippen molar-refractivity contribution in [2.75, 3.05) is 5.73 Å². The van der Waals surface area contributed by atoms with E-state index in [2.05, 4.69) is 17.4 Å². The first kappa shape index (κ1) is 13.7. The molecule has 2 aromatic carbocycles. The summed E-state index contributed by atoms with van der Waals surface area (Å²) in [5.74, 6) is 0.512. The van der Waals surface area contributed by atoms with Crippen LogP contribution in [0.4, 0.5) is 5.69 Å². The van der Waals surface area contributed by atoms with E-state index in [9.17, 15) is 4.79 Å². The second-order valence-electron chi connectivity index (χ2n) is 5.77. The predicted octanol–water partition coefficient (Wildman–Crippen LogP) is 3.46. The normalized spacial score (nSPS) is 15.5. The highest BCUT2D eigenvalue weighted by molar-refractivity contribution is 5.96. The van der Waals surface area contributed by atoms with Crippen LogP contribution in [-0.4, -0.2) is 5.91 Å². The van der Waals surface area contributed by atoms with Crippen molar-refractivity contribution in [3.8, 4) is 0 Å². The maximum absolute atomic E-state index is 12.6. The van der Waals surface area contributed by atoms with Gasteiger partial charge in [0.15, 0.2) is 0 Å². The van der Waals surface area contributed by atoms with E-state index in [4.69, 9.17) is 5.73 Å². The van der Waals surface area contributed by atoms with Gasteiger partial charge in [0.25, 0.3) is 5.91 Å². The minimum atomic E-state index is -0.0412. The van der Waals surface area contributed by atoms with Gasteiger partial charge in [-0.3, -0.25) is 4.79 Å². The molecule has 0 saturated heterocycles. The molecule has 21 heavy (non-hydrogen) atoms. The number of rotatable bonds is 4. The SMILES string of the molecule is Cc1ccc(N)cc1C(=O)NC(c1ccccc1)C1CC1. The number of aryl methyl sites for hydroxylation is 1. The monoisotopic (exact) mass is 280 g/mol. The number of nitrogens with one attached hydrogen (secondary N) is 1. The average Bonchev–Trinajstić information content (AvgIpc) is 3.32. The third-order valence-corrected chi connectivity index (χ3v) is 4.04. The van der Waals surface area contributed by atoms with Crippen LogP contribution in [0.1, 0.15) is 40.4 Å². The molecule has 3 N–H and O–H groups in total. The molecular weight excluding hydrogens is 260 g/mol. The topological polar surface area (TPSA) is 55.1 Å². The Morgan fingerprint density at radius 1 is 1.19 bits per heavy atom. The van der Waals surface area contributed by atoms with Crippen LogP contribution in [0.25, 0.3) is 0 Å². The molecule has 0 aliphatic heterocycles. The van der Waals surface area contributed by atoms with Crippen molar-refractivity contribution in [2.24, 2.45) is 5.92 Å². The van der Waals surface area contributed by atoms with Gasteiger partial charge in [-0.15, -0.1) is 0 Å². The van der Waals surface area contributed by atoms with Crippen LogP contribution in [0.2, 0.25) is 0 Å². The van der Waals surface area contributed by atoms with Crippen LogP contribution in [0.5, 0.6) is 0 Å². The fourth-order valence-electron chi connectivity index (χ4n) is 2.67. The Bertz CT molecular complexity index is 648. The third-order valence-electron chi connectivity index (χ3n) is 4.04. The van der Waals surface area contributed by atoms with E-state index in [-0.39, 0.29) is 11.9 Å². The van der Waals surface area contributed by atoms with E-state index in [1.165, 1.54) is 18.4 Å². The maximum Gasteiger partial charge on any atom is 0.252 e. The molecule has 3 rings (SSSR count). The Hall–Kier alpha value is -2.29. The highest BCUT2D eigenvalue weighted by atomic mass is 16.1. The minimum Gasteiger partial charge on any atom is -0.399 e. The molecule has 3 heteroatoms. The molecule has 1 aliphatic rings. The fourth-order valence-corrected chi connectivity index (χ4v) is 2.67. The number of hydrogen-bond donors (Lipinski definition) is 2. The quantitative estimate of drug-likeness (QED) is 0.843. The Morgan fingerprint density at radius 2 is 1.90 bits per heavy atom. The van der Waals surface area contributed by atoms with Crippen LogP contribution < -0.4 is 11.1 Å². The molecular formula is C18H20N2O. The summed E-state index contributed by atoms with van der Waals surface area (Å²) >= 11 is 0. The van der Waals surface area contributed by atoms with E-state index < -0.39 is 0 Å². The van der Waals surface area contributed by atoms with Gasteiger partial charge in [-0.2, -0.15) is 0 Å². The number of nitrogens with two attached hydrogens (primary N) is 1. The zero-order valence-corrected chi connectivity index (χ0v) is 12.2. The van der Waals surface area contributed by atoms with Gasteiger partial charge >= 0.3 is 0 Å². The van der Waals surface area contributed by atoms with Crippen LogP contribution in [0.15, 0.2) is 48.5 Å². The highest BCUT2D eigenvalue weighted by Crippen LogP contribution is 2.41. The Kier molecular flexibility index (Phi) is 3.65. The van der Waals surface area contributed by atoms with Crippen molar-refractivity contribution in [1.82, 2.24) is 5.32 Å². The van der Waals surface area contributed by atoms with Crippen LogP contribution in [0.3, 0.4) is 0 Å². The molecule has 2 aromatic rings. The second-order valence-corrected chi connectivity index (χ2v) is 5.77. The zero-order chi connectivity index (χ0) is 14.8. The predicted molar refractivity (Wildman–Crippen MR) is 85.0 cm³/mol. The van der Waals surface area contributed by atoms with Crippen LogP contribution in [-0.2, 0) is 0 Å². The molecule has 1 unspecified atom stereocenters. The molecule has 108 valence electrons. The molecule has 1 saturated carbocycles. The van der Waals surface area contributed by atoms with Gasteiger partial charge in [0, 0.05) is 11.3 Å². The third kappa shape index (κ3) is 3.07. The second kappa shape index (κ2) is 5.60. The van der Waals surface area contributed by atoms with Gasteiger partial charge in [-0.05, 0) is 48.9 Å². The van der Waals surface area contributed by atoms with Crippen molar-refractivity contribution >= 4 is 11.6 Å². The molecule has 3 nitrogen and oxygen atoms in total. The minimum absolute atomic E-state index is 0.0412. The van der Waals surface area contributed by atoms with E-state index in [1.54, 1.807) is 6.07 Å². The summed E-state index contributed by atoms with van der Waals surface area (Å²) in [5, 5.41) is 3.19. The number of nitrogen functional groups attached to an aromatic ring is 1. The largest absolute Gasteiger partial charge is 0.399 e. The zero-order valence-electron chi connectivity index (χ0n) is 12.2. The average molecular weight is 280 g/mol. The fraction of sp³-hybridized carbons (Fsp3) is 0.278. The molecule has 0 radical (unpaired) electrons. The van der Waals surface area contributed by atoms with Gasteiger partial charge < -0.3 is 11.1 Å². The molecule has 1 atom stereocenters. The molecule has 0 aromatic heterocycles. The van der Waals surface area contributed by atoms with Gasteiger partial charge in [0.05, 0.1) is 6.04 Å². The standard InChI is InChI=1S/C18H20N2O/c1-12-7-10-15(19)11-16(12)18(21)20-17(14-8-9-14)13-5-3-2-4-6-13/h2-7,10-11,14,17H,8-9,19H2,1H3,(H,20,21). The number of hydrogen-bond acceptors (Lipinski definition) is 2. The van der Waals surface area contributed by atoms with E-state index in [1.807, 2.05) is 37.3 Å². The number of carbonyl (C=O) groups excluding carboxylic acids is 1. The molecule has 1 fully saturated rings. The van der Waals surface area contributed by atoms with Crippen molar-refractivity contribution in [2.45, 2.75) is 25.8 Å². The summed E-state index contributed by atoms with van der Waals surface area (Å²) in [4.78, 5) is 12.6. The lowest BCUT2D eigenvalue weighted by Gasteiger charge is -2.19. The summed E-state index contributed by atoms with van der Waals surface area (Å²) in [6, 6.07) is 15.7. The summed E-state index contributed by atoms with van der Waals surface area (Å²) in [6.07, 6.45) is 2.35. The van der Waals surface area contributed by atoms with Crippen LogP contribution >= 0.6 is 0 Å². The lowest BCUT2D eigenvalue weighted by atomic mass is 10.0. The molecule has 0 bridgehead atoms. The highest BCUT2D eigenvalue weighted by Gasteiger charge is 2.33. The first-order chi connectivity index (χ1) is 10.1. The maximum atomic E-state index is 12.6. The Balaban J connectivity index is 1.83. The molecule has 1 aliphatic carbocycles. The van der Waals surface area contributed by atoms with E-state index in [0.29, 0.717) is 17.2 Å². The number of carbonyl (C=O) groups is 1. The van der Waals surface area contributed by atoms with Gasteiger partial charge in [0.2, 0.25) is 0 Å². The van der Waals surface area contributed by atoms with Gasteiger partial charge in [-0.1, -0.05) is 36.4 Å². The Labute approximate surface area is 125 Å². The smallest absolute Gasteiger partial charge is 0.252 e. The summed E-state index contributed by atoms with van der Waals surface area (Å²) in [7, 11) is 0. The first-order valence-corrected chi connectivity index (χ1v) is 7.37. The lowest BCUT2D eigenvalue weighted by molar-refractivity contribution is 0.0931. The van der Waals surface area contributed by atoms with Crippen molar-refractivity contribution in [3.63, 3.8) is 0 Å². The summed E-state index contributed by atoms with van der Waals surface area (Å²) in [6.45, 7) is 1.93. The van der Waals surface area contributed by atoms with Gasteiger partial charge in [0.1, 0.15) is 0 Å². The molecule has 0 heterocycles. The van der Waals surface area contributed by atoms with Gasteiger partial charge in [-0.25, -0.2) is 0 Å². The first-order valence-electron chi connectivity index (χ1n) is 7.37. The summed E-state index contributed by atoms with van der Waals surface area (Å²) in [5.41, 5.74) is 9.21. The van der Waals surface area contributed by atoms with E-state index in [0.717, 1.165) is 5.56 Å². The number of benzene rings is 2. The summed E-state index contributed by atoms with van der Waals surface area (Å²) < 4.78 is 0. The van der Waals surface area contributed by atoms with Crippen molar-refractivity contribution in [3.05, 3.63) is 65.2 Å². The molecule has 0 spiro atoms. The molecule has 1 amide bonds. The Morgan fingerprint density at radius 3 is 2.57 bits per heavy atom. The lowest BCUT2D eigenvalue weighted by Crippen LogP contribution is -2.30. The van der Waals surface area contributed by atoms with Crippen LogP contribution in [0, 0.1) is 12.8 Å². The van der Waals surface area contributed by atoms with E-state index >= 15 is 0 Å². The number of amides is 1.